The van der Waals surface area contributed by atoms with Crippen LogP contribution in [0.1, 0.15) is 37.0 Å². The molecule has 0 heterocycles. The number of nitrogens with one attached hydrogen (secondary N) is 1. The monoisotopic (exact) mass is 343 g/mol. The molecule has 4 heteroatoms. The molecule has 0 aromatic heterocycles. The zero-order valence-corrected chi connectivity index (χ0v) is 15.4. The quantitative estimate of drug-likeness (QED) is 0.688. The number of aliphatic hydroxyl groups is 1. The second-order valence-electron chi connectivity index (χ2n) is 6.16. The van der Waals surface area contributed by atoms with Crippen molar-refractivity contribution < 1.29 is 14.6 Å². The number of rotatable bonds is 10. The third-order valence-electron chi connectivity index (χ3n) is 4.13. The van der Waals surface area contributed by atoms with Crippen LogP contribution in [0.25, 0.3) is 0 Å². The average Bonchev–Trinajstić information content (AvgIpc) is 2.63. The van der Waals surface area contributed by atoms with Crippen LogP contribution < -0.4 is 14.8 Å². The second kappa shape index (κ2) is 10.1. The van der Waals surface area contributed by atoms with Gasteiger partial charge in [-0.1, -0.05) is 42.8 Å². The SMILES string of the molecule is CCOc1cc(CN[C@H](CC)CO)ccc1OCc1ccc(C)cc1. The summed E-state index contributed by atoms with van der Waals surface area (Å²) in [6, 6.07) is 14.4. The second-order valence-corrected chi connectivity index (χ2v) is 6.16. The number of hydrogen-bond donors (Lipinski definition) is 2. The van der Waals surface area contributed by atoms with E-state index in [1.165, 1.54) is 5.56 Å². The smallest absolute Gasteiger partial charge is 0.161 e. The van der Waals surface area contributed by atoms with E-state index in [-0.39, 0.29) is 12.6 Å². The molecule has 0 amide bonds. The number of ether oxygens (including phenoxy) is 2. The van der Waals surface area contributed by atoms with Crippen LogP contribution in [0.4, 0.5) is 0 Å². The first kappa shape index (κ1) is 19.3. The van der Waals surface area contributed by atoms with Gasteiger partial charge in [0.05, 0.1) is 13.2 Å². The molecule has 4 nitrogen and oxygen atoms in total. The van der Waals surface area contributed by atoms with Crippen LogP contribution in [0, 0.1) is 6.92 Å². The summed E-state index contributed by atoms with van der Waals surface area (Å²) in [4.78, 5) is 0. The standard InChI is InChI=1S/C21H29NO3/c1-4-19(14-23)22-13-18-10-11-20(21(12-18)24-5-2)25-15-17-8-6-16(3)7-9-17/h6-12,19,22-23H,4-5,13-15H2,1-3H3/t19-/m1/s1. The fourth-order valence-corrected chi connectivity index (χ4v) is 2.50. The molecular formula is C21H29NO3. The van der Waals surface area contributed by atoms with Gasteiger partial charge in [0.1, 0.15) is 6.61 Å². The van der Waals surface area contributed by atoms with Crippen LogP contribution in [-0.2, 0) is 13.2 Å². The third-order valence-corrected chi connectivity index (χ3v) is 4.13. The highest BCUT2D eigenvalue weighted by Gasteiger charge is 2.09. The lowest BCUT2D eigenvalue weighted by atomic mass is 10.1. The molecule has 0 saturated heterocycles. The van der Waals surface area contributed by atoms with E-state index in [0.717, 1.165) is 29.0 Å². The molecule has 0 aliphatic rings. The Bertz CT molecular complexity index is 636. The molecule has 2 aromatic carbocycles. The van der Waals surface area contributed by atoms with Crippen LogP contribution in [0.15, 0.2) is 42.5 Å². The fraction of sp³-hybridized carbons (Fsp3) is 0.429. The Morgan fingerprint density at radius 2 is 1.68 bits per heavy atom. The van der Waals surface area contributed by atoms with Crippen molar-refractivity contribution in [2.24, 2.45) is 0 Å². The van der Waals surface area contributed by atoms with Crippen molar-refractivity contribution in [1.29, 1.82) is 0 Å². The highest BCUT2D eigenvalue weighted by atomic mass is 16.5. The van der Waals surface area contributed by atoms with Crippen molar-refractivity contribution in [1.82, 2.24) is 5.32 Å². The van der Waals surface area contributed by atoms with Crippen LogP contribution in [0.3, 0.4) is 0 Å². The molecular weight excluding hydrogens is 314 g/mol. The van der Waals surface area contributed by atoms with E-state index in [9.17, 15) is 5.11 Å². The number of benzene rings is 2. The predicted molar refractivity (Wildman–Crippen MR) is 101 cm³/mol. The van der Waals surface area contributed by atoms with Gasteiger partial charge in [-0.05, 0) is 43.5 Å². The van der Waals surface area contributed by atoms with Crippen molar-refractivity contribution in [3.8, 4) is 11.5 Å². The highest BCUT2D eigenvalue weighted by molar-refractivity contribution is 5.43. The van der Waals surface area contributed by atoms with Crippen LogP contribution >= 0.6 is 0 Å². The summed E-state index contributed by atoms with van der Waals surface area (Å²) in [7, 11) is 0. The van der Waals surface area contributed by atoms with E-state index in [0.29, 0.717) is 19.8 Å². The summed E-state index contributed by atoms with van der Waals surface area (Å²) in [5.41, 5.74) is 3.48. The van der Waals surface area contributed by atoms with Crippen LogP contribution in [0.2, 0.25) is 0 Å². The molecule has 25 heavy (non-hydrogen) atoms. The van der Waals surface area contributed by atoms with Crippen molar-refractivity contribution in [2.45, 2.75) is 46.4 Å². The molecule has 0 spiro atoms. The van der Waals surface area contributed by atoms with Crippen molar-refractivity contribution in [2.75, 3.05) is 13.2 Å². The van der Waals surface area contributed by atoms with Gasteiger partial charge in [-0.3, -0.25) is 0 Å². The van der Waals surface area contributed by atoms with Crippen LogP contribution in [0.5, 0.6) is 11.5 Å². The van der Waals surface area contributed by atoms with Crippen molar-refractivity contribution >= 4 is 0 Å². The maximum atomic E-state index is 9.28. The van der Waals surface area contributed by atoms with E-state index < -0.39 is 0 Å². The molecule has 2 rings (SSSR count). The first-order chi connectivity index (χ1) is 12.2. The topological polar surface area (TPSA) is 50.7 Å². The van der Waals surface area contributed by atoms with Gasteiger partial charge in [0.25, 0.3) is 0 Å². The largest absolute Gasteiger partial charge is 0.490 e. The summed E-state index contributed by atoms with van der Waals surface area (Å²) < 4.78 is 11.7. The Morgan fingerprint density at radius 1 is 0.960 bits per heavy atom. The molecule has 0 fully saturated rings. The minimum atomic E-state index is 0.119. The van der Waals surface area contributed by atoms with E-state index in [4.69, 9.17) is 9.47 Å². The van der Waals surface area contributed by atoms with Gasteiger partial charge in [0.15, 0.2) is 11.5 Å². The molecule has 0 bridgehead atoms. The normalized spacial score (nSPS) is 12.0. The zero-order chi connectivity index (χ0) is 18.1. The highest BCUT2D eigenvalue weighted by Crippen LogP contribution is 2.29. The number of hydrogen-bond acceptors (Lipinski definition) is 4. The van der Waals surface area contributed by atoms with Gasteiger partial charge in [-0.15, -0.1) is 0 Å². The van der Waals surface area contributed by atoms with Crippen LogP contribution in [-0.4, -0.2) is 24.4 Å². The summed E-state index contributed by atoms with van der Waals surface area (Å²) in [6.45, 7) is 8.04. The van der Waals surface area contributed by atoms with Crippen molar-refractivity contribution in [3.05, 3.63) is 59.2 Å². The van der Waals surface area contributed by atoms with Gasteiger partial charge < -0.3 is 19.9 Å². The molecule has 0 aliphatic carbocycles. The Labute approximate surface area is 150 Å². The minimum Gasteiger partial charge on any atom is -0.490 e. The molecule has 0 radical (unpaired) electrons. The summed E-state index contributed by atoms with van der Waals surface area (Å²) >= 11 is 0. The van der Waals surface area contributed by atoms with E-state index >= 15 is 0 Å². The average molecular weight is 343 g/mol. The lowest BCUT2D eigenvalue weighted by Gasteiger charge is -2.16. The number of aryl methyl sites for hydroxylation is 1. The van der Waals surface area contributed by atoms with Crippen molar-refractivity contribution in [3.63, 3.8) is 0 Å². The third kappa shape index (κ3) is 6.07. The van der Waals surface area contributed by atoms with Gasteiger partial charge >= 0.3 is 0 Å². The summed E-state index contributed by atoms with van der Waals surface area (Å²) in [6.07, 6.45) is 0.895. The lowest BCUT2D eigenvalue weighted by Crippen LogP contribution is -2.31. The van der Waals surface area contributed by atoms with Gasteiger partial charge in [-0.2, -0.15) is 0 Å². The molecule has 2 N–H and O–H groups in total. The Morgan fingerprint density at radius 3 is 2.32 bits per heavy atom. The number of aliphatic hydroxyl groups excluding tert-OH is 1. The predicted octanol–water partition coefficient (Wildman–Crippen LogP) is 3.83. The molecule has 1 atom stereocenters. The summed E-state index contributed by atoms with van der Waals surface area (Å²) in [5, 5.41) is 12.6. The van der Waals surface area contributed by atoms with E-state index in [2.05, 4.69) is 43.4 Å². The minimum absolute atomic E-state index is 0.119. The van der Waals surface area contributed by atoms with E-state index in [1.807, 2.05) is 25.1 Å². The molecule has 0 unspecified atom stereocenters. The van der Waals surface area contributed by atoms with Gasteiger partial charge in [-0.25, -0.2) is 0 Å². The lowest BCUT2D eigenvalue weighted by molar-refractivity contribution is 0.238. The molecule has 136 valence electrons. The van der Waals surface area contributed by atoms with Gasteiger partial charge in [0.2, 0.25) is 0 Å². The fourth-order valence-electron chi connectivity index (χ4n) is 2.50. The molecule has 0 saturated carbocycles. The zero-order valence-electron chi connectivity index (χ0n) is 15.4. The Balaban J connectivity index is 2.03. The van der Waals surface area contributed by atoms with Gasteiger partial charge in [0, 0.05) is 12.6 Å². The Kier molecular flexibility index (Phi) is 7.76. The maximum absolute atomic E-state index is 9.28. The Hall–Kier alpha value is -2.04. The first-order valence-electron chi connectivity index (χ1n) is 8.94. The first-order valence-corrected chi connectivity index (χ1v) is 8.94. The molecule has 2 aromatic rings. The summed E-state index contributed by atoms with van der Waals surface area (Å²) in [5.74, 6) is 1.51. The van der Waals surface area contributed by atoms with E-state index in [1.54, 1.807) is 0 Å². The maximum Gasteiger partial charge on any atom is 0.161 e. The molecule has 0 aliphatic heterocycles.